The van der Waals surface area contributed by atoms with Gasteiger partial charge in [-0.25, -0.2) is 0 Å². The van der Waals surface area contributed by atoms with Crippen LogP contribution in [0.3, 0.4) is 0 Å². The summed E-state index contributed by atoms with van der Waals surface area (Å²) in [5, 5.41) is 0. The summed E-state index contributed by atoms with van der Waals surface area (Å²) >= 11 is 6.23. The third kappa shape index (κ3) is 3.59. The van der Waals surface area contributed by atoms with Gasteiger partial charge in [-0.1, -0.05) is 0 Å². The summed E-state index contributed by atoms with van der Waals surface area (Å²) < 4.78 is 11.3. The third-order valence-electron chi connectivity index (χ3n) is 3.49. The first-order chi connectivity index (χ1) is 8.78. The van der Waals surface area contributed by atoms with Crippen molar-refractivity contribution in [1.82, 2.24) is 0 Å². The maximum Gasteiger partial charge on any atom is 0.119 e. The standard InChI is InChI=1S/C14H20O2S2/c1-18-13-4-2-12(3-5-13)16-10-14(11-17)6-8-15-9-7-14/h2-5,17H,6-11H2,1H3. The molecule has 0 saturated carbocycles. The Hall–Kier alpha value is -0.320. The molecule has 2 rings (SSSR count). The topological polar surface area (TPSA) is 18.5 Å². The summed E-state index contributed by atoms with van der Waals surface area (Å²) in [4.78, 5) is 1.26. The molecule has 1 aliphatic heterocycles. The van der Waals surface area contributed by atoms with Crippen LogP contribution in [0, 0.1) is 5.41 Å². The number of rotatable bonds is 5. The van der Waals surface area contributed by atoms with E-state index in [1.807, 2.05) is 12.1 Å². The minimum absolute atomic E-state index is 0.180. The fourth-order valence-electron chi connectivity index (χ4n) is 2.06. The number of ether oxygens (including phenoxy) is 2. The van der Waals surface area contributed by atoms with Crippen LogP contribution in [0.5, 0.6) is 5.75 Å². The molecular weight excluding hydrogens is 264 g/mol. The summed E-state index contributed by atoms with van der Waals surface area (Å²) in [6, 6.07) is 8.27. The lowest BCUT2D eigenvalue weighted by Crippen LogP contribution is -2.36. The molecule has 0 amide bonds. The van der Waals surface area contributed by atoms with E-state index >= 15 is 0 Å². The van der Waals surface area contributed by atoms with E-state index < -0.39 is 0 Å². The van der Waals surface area contributed by atoms with Gasteiger partial charge in [-0.15, -0.1) is 11.8 Å². The smallest absolute Gasteiger partial charge is 0.119 e. The second-order valence-electron chi connectivity index (χ2n) is 4.73. The minimum Gasteiger partial charge on any atom is -0.493 e. The predicted molar refractivity (Wildman–Crippen MR) is 80.1 cm³/mol. The highest BCUT2D eigenvalue weighted by molar-refractivity contribution is 7.98. The van der Waals surface area contributed by atoms with Crippen molar-refractivity contribution >= 4 is 24.4 Å². The van der Waals surface area contributed by atoms with Gasteiger partial charge in [0, 0.05) is 23.5 Å². The summed E-state index contributed by atoms with van der Waals surface area (Å²) in [6.45, 7) is 2.39. The van der Waals surface area contributed by atoms with Gasteiger partial charge in [0.2, 0.25) is 0 Å². The molecule has 1 aromatic carbocycles. The van der Waals surface area contributed by atoms with E-state index in [2.05, 4.69) is 31.0 Å². The van der Waals surface area contributed by atoms with Crippen LogP contribution in [0.25, 0.3) is 0 Å². The molecule has 1 fully saturated rings. The van der Waals surface area contributed by atoms with E-state index in [0.29, 0.717) is 0 Å². The summed E-state index contributed by atoms with van der Waals surface area (Å²) in [5.74, 6) is 1.81. The predicted octanol–water partition coefficient (Wildman–Crippen LogP) is 3.51. The highest BCUT2D eigenvalue weighted by Crippen LogP contribution is 2.32. The molecule has 1 saturated heterocycles. The van der Waals surface area contributed by atoms with Gasteiger partial charge in [-0.2, -0.15) is 12.6 Å². The quantitative estimate of drug-likeness (QED) is 0.659. The van der Waals surface area contributed by atoms with E-state index in [1.165, 1.54) is 4.90 Å². The highest BCUT2D eigenvalue weighted by atomic mass is 32.2. The Morgan fingerprint density at radius 3 is 2.50 bits per heavy atom. The summed E-state index contributed by atoms with van der Waals surface area (Å²) in [6.07, 6.45) is 4.16. The van der Waals surface area contributed by atoms with Crippen molar-refractivity contribution in [1.29, 1.82) is 0 Å². The lowest BCUT2D eigenvalue weighted by Gasteiger charge is -2.35. The van der Waals surface area contributed by atoms with Crippen LogP contribution in [0.4, 0.5) is 0 Å². The average molecular weight is 284 g/mol. The fraction of sp³-hybridized carbons (Fsp3) is 0.571. The van der Waals surface area contributed by atoms with Crippen LogP contribution < -0.4 is 4.74 Å². The second kappa shape index (κ2) is 6.73. The first-order valence-corrected chi connectivity index (χ1v) is 8.09. The van der Waals surface area contributed by atoms with Gasteiger partial charge in [0.15, 0.2) is 0 Å². The Labute approximate surface area is 119 Å². The van der Waals surface area contributed by atoms with Crippen molar-refractivity contribution in [3.05, 3.63) is 24.3 Å². The van der Waals surface area contributed by atoms with Crippen molar-refractivity contribution in [3.8, 4) is 5.75 Å². The summed E-state index contributed by atoms with van der Waals surface area (Å²) in [5.41, 5.74) is 0.180. The van der Waals surface area contributed by atoms with Crippen molar-refractivity contribution in [2.45, 2.75) is 17.7 Å². The molecule has 0 aliphatic carbocycles. The van der Waals surface area contributed by atoms with Crippen molar-refractivity contribution < 1.29 is 9.47 Å². The van der Waals surface area contributed by atoms with Gasteiger partial charge in [-0.3, -0.25) is 0 Å². The van der Waals surface area contributed by atoms with Crippen molar-refractivity contribution in [2.75, 3.05) is 31.8 Å². The summed E-state index contributed by atoms with van der Waals surface area (Å²) in [7, 11) is 0. The highest BCUT2D eigenvalue weighted by Gasteiger charge is 2.32. The van der Waals surface area contributed by atoms with E-state index in [4.69, 9.17) is 9.47 Å². The van der Waals surface area contributed by atoms with Crippen molar-refractivity contribution in [3.63, 3.8) is 0 Å². The average Bonchev–Trinajstić information content (AvgIpc) is 2.47. The lowest BCUT2D eigenvalue weighted by atomic mass is 9.83. The normalized spacial score (nSPS) is 18.6. The number of thioether (sulfide) groups is 1. The van der Waals surface area contributed by atoms with Gasteiger partial charge in [0.1, 0.15) is 5.75 Å². The Kier molecular flexibility index (Phi) is 5.27. The first-order valence-electron chi connectivity index (χ1n) is 6.23. The largest absolute Gasteiger partial charge is 0.493 e. The van der Waals surface area contributed by atoms with Gasteiger partial charge >= 0.3 is 0 Å². The molecule has 4 heteroatoms. The van der Waals surface area contributed by atoms with E-state index in [9.17, 15) is 0 Å². The molecule has 18 heavy (non-hydrogen) atoms. The molecule has 2 nitrogen and oxygen atoms in total. The Balaban J connectivity index is 1.92. The van der Waals surface area contributed by atoms with Crippen LogP contribution in [0.1, 0.15) is 12.8 Å². The molecule has 1 aromatic rings. The third-order valence-corrected chi connectivity index (χ3v) is 4.91. The molecule has 0 aromatic heterocycles. The minimum atomic E-state index is 0.180. The molecular formula is C14H20O2S2. The molecule has 0 bridgehead atoms. The van der Waals surface area contributed by atoms with Crippen LogP contribution in [-0.2, 0) is 4.74 Å². The SMILES string of the molecule is CSc1ccc(OCC2(CS)CCOCC2)cc1. The van der Waals surface area contributed by atoms with Crippen LogP contribution in [0.15, 0.2) is 29.2 Å². The van der Waals surface area contributed by atoms with Gasteiger partial charge in [0.05, 0.1) is 6.61 Å². The van der Waals surface area contributed by atoms with E-state index in [1.54, 1.807) is 11.8 Å². The molecule has 0 radical (unpaired) electrons. The molecule has 0 N–H and O–H groups in total. The van der Waals surface area contributed by atoms with Gasteiger partial charge in [-0.05, 0) is 49.1 Å². The fourth-order valence-corrected chi connectivity index (χ4v) is 2.88. The number of hydrogen-bond donors (Lipinski definition) is 1. The number of hydrogen-bond acceptors (Lipinski definition) is 4. The molecule has 1 aliphatic rings. The van der Waals surface area contributed by atoms with Crippen molar-refractivity contribution in [2.24, 2.45) is 5.41 Å². The van der Waals surface area contributed by atoms with Gasteiger partial charge < -0.3 is 9.47 Å². The maximum absolute atomic E-state index is 5.93. The van der Waals surface area contributed by atoms with E-state index in [-0.39, 0.29) is 5.41 Å². The number of thiol groups is 1. The molecule has 0 unspecified atom stereocenters. The van der Waals surface area contributed by atoms with E-state index in [0.717, 1.165) is 44.2 Å². The maximum atomic E-state index is 5.93. The Bertz CT molecular complexity index is 359. The number of benzene rings is 1. The van der Waals surface area contributed by atoms with Crippen LogP contribution in [-0.4, -0.2) is 31.8 Å². The van der Waals surface area contributed by atoms with Gasteiger partial charge in [0.25, 0.3) is 0 Å². The zero-order valence-electron chi connectivity index (χ0n) is 10.7. The first kappa shape index (κ1) is 14.1. The zero-order valence-corrected chi connectivity index (χ0v) is 12.4. The second-order valence-corrected chi connectivity index (χ2v) is 5.93. The molecule has 0 atom stereocenters. The molecule has 100 valence electrons. The molecule has 1 heterocycles. The Morgan fingerprint density at radius 2 is 1.94 bits per heavy atom. The zero-order chi connectivity index (χ0) is 12.8. The monoisotopic (exact) mass is 284 g/mol. The Morgan fingerprint density at radius 1 is 1.28 bits per heavy atom. The van der Waals surface area contributed by atoms with Crippen LogP contribution >= 0.6 is 24.4 Å². The lowest BCUT2D eigenvalue weighted by molar-refractivity contribution is 0.00310. The molecule has 0 spiro atoms. The van der Waals surface area contributed by atoms with Crippen LogP contribution in [0.2, 0.25) is 0 Å².